The second-order valence-electron chi connectivity index (χ2n) is 7.34. The highest BCUT2D eigenvalue weighted by Crippen LogP contribution is 2.37. The van der Waals surface area contributed by atoms with Crippen molar-refractivity contribution in [1.29, 1.82) is 0 Å². The van der Waals surface area contributed by atoms with Gasteiger partial charge >= 0.3 is 0 Å². The average molecular weight is 330 g/mol. The summed E-state index contributed by atoms with van der Waals surface area (Å²) in [5, 5.41) is 0. The van der Waals surface area contributed by atoms with Crippen molar-refractivity contribution in [3.05, 3.63) is 76.0 Å². The first-order valence-corrected chi connectivity index (χ1v) is 8.95. The molecule has 3 aromatic rings. The molecule has 1 nitrogen and oxygen atoms in total. The fourth-order valence-electron chi connectivity index (χ4n) is 3.98. The predicted molar refractivity (Wildman–Crippen MR) is 107 cm³/mol. The van der Waals surface area contributed by atoms with Gasteiger partial charge in [-0.15, -0.1) is 0 Å². The number of benzene rings is 2. The zero-order chi connectivity index (χ0) is 18.3. The Kier molecular flexibility index (Phi) is 4.51. The van der Waals surface area contributed by atoms with Crippen LogP contribution in [0.4, 0.5) is 0 Å². The summed E-state index contributed by atoms with van der Waals surface area (Å²) in [5.74, 6) is 0. The first-order valence-electron chi connectivity index (χ1n) is 8.95. The maximum atomic E-state index is 2.33. The molecule has 0 aliphatic heterocycles. The van der Waals surface area contributed by atoms with E-state index in [4.69, 9.17) is 0 Å². The van der Waals surface area contributed by atoms with Gasteiger partial charge in [-0.3, -0.25) is 0 Å². The molecule has 1 heteroatoms. The SMILES string of the molecule is Cc1cc(-c2c(C)cc(C)c(-c3ccccc3C)c2C)[n+](C)cc1C. The molecule has 25 heavy (non-hydrogen) atoms. The second-order valence-corrected chi connectivity index (χ2v) is 7.34. The second kappa shape index (κ2) is 6.48. The van der Waals surface area contributed by atoms with Crippen molar-refractivity contribution in [2.75, 3.05) is 0 Å². The van der Waals surface area contributed by atoms with Gasteiger partial charge in [-0.05, 0) is 80.5 Å². The molecule has 0 aliphatic rings. The zero-order valence-electron chi connectivity index (χ0n) is 16.5. The average Bonchev–Trinajstić information content (AvgIpc) is 2.53. The normalized spacial score (nSPS) is 11.0. The van der Waals surface area contributed by atoms with Gasteiger partial charge in [-0.1, -0.05) is 30.3 Å². The summed E-state index contributed by atoms with van der Waals surface area (Å²) in [4.78, 5) is 0. The molecule has 0 amide bonds. The molecular formula is C24H28N+. The fraction of sp³-hybridized carbons (Fsp3) is 0.292. The van der Waals surface area contributed by atoms with Crippen molar-refractivity contribution >= 4 is 0 Å². The number of aromatic nitrogens is 1. The van der Waals surface area contributed by atoms with Crippen LogP contribution in [0.25, 0.3) is 22.4 Å². The van der Waals surface area contributed by atoms with E-state index in [0.717, 1.165) is 0 Å². The van der Waals surface area contributed by atoms with E-state index in [-0.39, 0.29) is 0 Å². The van der Waals surface area contributed by atoms with Crippen LogP contribution in [0.15, 0.2) is 42.6 Å². The van der Waals surface area contributed by atoms with Crippen LogP contribution >= 0.6 is 0 Å². The predicted octanol–water partition coefficient (Wildman–Crippen LogP) is 5.70. The fourth-order valence-corrected chi connectivity index (χ4v) is 3.98. The van der Waals surface area contributed by atoms with Crippen molar-refractivity contribution in [1.82, 2.24) is 0 Å². The lowest BCUT2D eigenvalue weighted by molar-refractivity contribution is -0.660. The van der Waals surface area contributed by atoms with E-state index in [2.05, 4.69) is 95.8 Å². The minimum Gasteiger partial charge on any atom is -0.201 e. The molecule has 0 atom stereocenters. The van der Waals surface area contributed by atoms with Crippen LogP contribution in [0, 0.1) is 41.5 Å². The Hall–Kier alpha value is -2.41. The Bertz CT molecular complexity index is 964. The van der Waals surface area contributed by atoms with E-state index < -0.39 is 0 Å². The van der Waals surface area contributed by atoms with Crippen LogP contribution in [0.2, 0.25) is 0 Å². The van der Waals surface area contributed by atoms with Crippen molar-refractivity contribution in [3.8, 4) is 22.4 Å². The summed E-state index contributed by atoms with van der Waals surface area (Å²) < 4.78 is 2.26. The van der Waals surface area contributed by atoms with Gasteiger partial charge < -0.3 is 0 Å². The van der Waals surface area contributed by atoms with Crippen molar-refractivity contribution in [2.24, 2.45) is 7.05 Å². The molecule has 0 saturated heterocycles. The monoisotopic (exact) mass is 330 g/mol. The highest BCUT2D eigenvalue weighted by atomic mass is 14.9. The lowest BCUT2D eigenvalue weighted by Crippen LogP contribution is -2.32. The maximum absolute atomic E-state index is 2.33. The summed E-state index contributed by atoms with van der Waals surface area (Å²) >= 11 is 0. The van der Waals surface area contributed by atoms with E-state index in [0.29, 0.717) is 0 Å². The third-order valence-electron chi connectivity index (χ3n) is 5.38. The molecule has 0 spiro atoms. The molecule has 0 fully saturated rings. The first kappa shape index (κ1) is 17.4. The number of pyridine rings is 1. The Morgan fingerprint density at radius 2 is 1.28 bits per heavy atom. The van der Waals surface area contributed by atoms with Gasteiger partial charge in [0.1, 0.15) is 7.05 Å². The third-order valence-corrected chi connectivity index (χ3v) is 5.38. The van der Waals surface area contributed by atoms with E-state index in [1.807, 2.05) is 0 Å². The standard InChI is InChI=1S/C24H28N/c1-15-10-8-9-11-21(15)23-17(3)12-18(4)24(20(23)6)22-13-16(2)19(5)14-25(22)7/h8-14H,1-7H3/q+1. The van der Waals surface area contributed by atoms with Gasteiger partial charge in [0.15, 0.2) is 6.20 Å². The maximum Gasteiger partial charge on any atom is 0.213 e. The molecule has 0 unspecified atom stereocenters. The van der Waals surface area contributed by atoms with Gasteiger partial charge in [0.2, 0.25) is 5.69 Å². The summed E-state index contributed by atoms with van der Waals surface area (Å²) in [6.45, 7) is 13.3. The molecule has 3 rings (SSSR count). The number of rotatable bonds is 2. The highest BCUT2D eigenvalue weighted by Gasteiger charge is 2.21. The Morgan fingerprint density at radius 1 is 0.640 bits per heavy atom. The van der Waals surface area contributed by atoms with Crippen LogP contribution in [0.3, 0.4) is 0 Å². The molecule has 0 N–H and O–H groups in total. The van der Waals surface area contributed by atoms with Gasteiger partial charge in [-0.25, -0.2) is 4.57 Å². The highest BCUT2D eigenvalue weighted by molar-refractivity contribution is 5.82. The minimum absolute atomic E-state index is 1.29. The van der Waals surface area contributed by atoms with Crippen LogP contribution < -0.4 is 4.57 Å². The molecule has 2 aromatic carbocycles. The summed E-state index contributed by atoms with van der Waals surface area (Å²) in [6.07, 6.45) is 2.23. The summed E-state index contributed by atoms with van der Waals surface area (Å²) in [7, 11) is 2.15. The van der Waals surface area contributed by atoms with Gasteiger partial charge in [0.05, 0.1) is 5.56 Å². The smallest absolute Gasteiger partial charge is 0.201 e. The van der Waals surface area contributed by atoms with Crippen molar-refractivity contribution < 1.29 is 4.57 Å². The molecule has 0 radical (unpaired) electrons. The van der Waals surface area contributed by atoms with E-state index in [9.17, 15) is 0 Å². The molecule has 128 valence electrons. The van der Waals surface area contributed by atoms with Crippen LogP contribution in [0.1, 0.15) is 33.4 Å². The Morgan fingerprint density at radius 3 is 1.96 bits per heavy atom. The van der Waals surface area contributed by atoms with Crippen LogP contribution in [-0.4, -0.2) is 0 Å². The van der Waals surface area contributed by atoms with Gasteiger partial charge in [0, 0.05) is 11.6 Å². The lowest BCUT2D eigenvalue weighted by atomic mass is 9.86. The molecule has 0 bridgehead atoms. The molecule has 0 aliphatic carbocycles. The molecular weight excluding hydrogens is 302 g/mol. The molecule has 1 aromatic heterocycles. The van der Waals surface area contributed by atoms with E-state index in [1.165, 1.54) is 55.8 Å². The minimum atomic E-state index is 1.29. The van der Waals surface area contributed by atoms with Crippen LogP contribution in [0.5, 0.6) is 0 Å². The quantitative estimate of drug-likeness (QED) is 0.531. The molecule has 1 heterocycles. The number of aryl methyl sites for hydroxylation is 6. The summed E-state index contributed by atoms with van der Waals surface area (Å²) in [5.41, 5.74) is 13.4. The molecule has 0 saturated carbocycles. The first-order chi connectivity index (χ1) is 11.8. The Balaban J connectivity index is 2.36. The van der Waals surface area contributed by atoms with Gasteiger partial charge in [0.25, 0.3) is 0 Å². The Labute approximate surface area is 152 Å². The van der Waals surface area contributed by atoms with Crippen LogP contribution in [-0.2, 0) is 7.05 Å². The van der Waals surface area contributed by atoms with Crippen molar-refractivity contribution in [3.63, 3.8) is 0 Å². The van der Waals surface area contributed by atoms with Crippen molar-refractivity contribution in [2.45, 2.75) is 41.5 Å². The number of nitrogens with zero attached hydrogens (tertiary/aromatic N) is 1. The largest absolute Gasteiger partial charge is 0.213 e. The van der Waals surface area contributed by atoms with E-state index >= 15 is 0 Å². The summed E-state index contributed by atoms with van der Waals surface area (Å²) in [6, 6.07) is 13.3. The zero-order valence-corrected chi connectivity index (χ0v) is 16.5. The number of hydrogen-bond acceptors (Lipinski definition) is 0. The van der Waals surface area contributed by atoms with Gasteiger partial charge in [-0.2, -0.15) is 0 Å². The topological polar surface area (TPSA) is 3.88 Å². The lowest BCUT2D eigenvalue weighted by Gasteiger charge is -2.18. The number of hydrogen-bond donors (Lipinski definition) is 0. The van der Waals surface area contributed by atoms with E-state index in [1.54, 1.807) is 0 Å². The third kappa shape index (κ3) is 3.00.